The van der Waals surface area contributed by atoms with Gasteiger partial charge in [-0.15, -0.1) is 0 Å². The van der Waals surface area contributed by atoms with Crippen molar-refractivity contribution in [2.24, 2.45) is 33.5 Å². The number of benzene rings is 1. The number of hydrogen-bond donors (Lipinski definition) is 0. The Bertz CT molecular complexity index is 748. The van der Waals surface area contributed by atoms with E-state index in [9.17, 15) is 9.59 Å². The Labute approximate surface area is 177 Å². The second-order valence-corrected chi connectivity index (χ2v) is 11.3. The maximum Gasteiger partial charge on any atom is 0.240 e. The molecule has 0 N–H and O–H groups in total. The van der Waals surface area contributed by atoms with Gasteiger partial charge < -0.3 is 0 Å². The molecule has 160 valence electrons. The lowest BCUT2D eigenvalue weighted by Gasteiger charge is -2.46. The molecule has 2 amide bonds. The van der Waals surface area contributed by atoms with E-state index in [2.05, 4.69) is 55.4 Å². The van der Waals surface area contributed by atoms with Crippen LogP contribution < -0.4 is 4.90 Å². The number of hydrogen-bond acceptors (Lipinski definition) is 2. The van der Waals surface area contributed by atoms with Crippen LogP contribution >= 0.6 is 0 Å². The molecule has 2 saturated carbocycles. The molecule has 3 nitrogen and oxygen atoms in total. The van der Waals surface area contributed by atoms with E-state index in [-0.39, 0.29) is 22.6 Å². The van der Waals surface area contributed by atoms with Gasteiger partial charge in [-0.1, -0.05) is 73.6 Å². The van der Waals surface area contributed by atoms with Crippen LogP contribution in [0.5, 0.6) is 0 Å². The molecule has 1 aromatic rings. The Balaban J connectivity index is 2.10. The van der Waals surface area contributed by atoms with Crippen molar-refractivity contribution in [3.05, 3.63) is 30.3 Å². The SMILES string of the molecule is C[C@@H]1CC[C@](C)(C(=O)N(C(=O)[C@]2(C)CC[C@H](C)C2(C)C)c2ccccc2)C1(C)C. The first kappa shape index (κ1) is 22.1. The third-order valence-electron chi connectivity index (χ3n) is 9.83. The summed E-state index contributed by atoms with van der Waals surface area (Å²) in [5.41, 5.74) is -0.713. The van der Waals surface area contributed by atoms with Crippen molar-refractivity contribution in [2.75, 3.05) is 4.90 Å². The van der Waals surface area contributed by atoms with Crippen molar-refractivity contribution in [2.45, 2.75) is 81.1 Å². The van der Waals surface area contributed by atoms with Gasteiger partial charge in [-0.05, 0) is 60.5 Å². The van der Waals surface area contributed by atoms with Gasteiger partial charge in [0.05, 0.1) is 16.5 Å². The molecule has 4 atom stereocenters. The summed E-state index contributed by atoms with van der Waals surface area (Å²) in [6.45, 7) is 17.4. The smallest absolute Gasteiger partial charge is 0.240 e. The van der Waals surface area contributed by atoms with Gasteiger partial charge in [0.2, 0.25) is 11.8 Å². The first-order valence-corrected chi connectivity index (χ1v) is 11.2. The molecule has 0 saturated heterocycles. The molecule has 3 heteroatoms. The monoisotopic (exact) mass is 397 g/mol. The van der Waals surface area contributed by atoms with Crippen molar-refractivity contribution in [1.82, 2.24) is 0 Å². The van der Waals surface area contributed by atoms with Crippen LogP contribution in [0, 0.1) is 33.5 Å². The molecule has 0 unspecified atom stereocenters. The summed E-state index contributed by atoms with van der Waals surface area (Å²) in [5, 5.41) is 0. The number of rotatable bonds is 3. The molecule has 0 heterocycles. The zero-order valence-electron chi connectivity index (χ0n) is 19.6. The van der Waals surface area contributed by atoms with Crippen LogP contribution in [0.25, 0.3) is 0 Å². The minimum Gasteiger partial charge on any atom is -0.273 e. The highest BCUT2D eigenvalue weighted by atomic mass is 16.2. The van der Waals surface area contributed by atoms with Gasteiger partial charge in [-0.2, -0.15) is 0 Å². The molecule has 0 spiro atoms. The van der Waals surface area contributed by atoms with Gasteiger partial charge in [0, 0.05) is 0 Å². The number of carbonyl (C=O) groups excluding carboxylic acids is 2. The molecule has 2 aliphatic rings. The topological polar surface area (TPSA) is 37.4 Å². The molecular formula is C26H39NO2. The maximum atomic E-state index is 14.2. The van der Waals surface area contributed by atoms with Gasteiger partial charge in [-0.3, -0.25) is 9.59 Å². The predicted octanol–water partition coefficient (Wildman–Crippen LogP) is 6.47. The number of anilines is 1. The fourth-order valence-electron chi connectivity index (χ4n) is 5.63. The van der Waals surface area contributed by atoms with E-state index in [0.717, 1.165) is 25.7 Å². The van der Waals surface area contributed by atoms with Crippen molar-refractivity contribution < 1.29 is 9.59 Å². The number of imide groups is 1. The van der Waals surface area contributed by atoms with E-state index >= 15 is 0 Å². The first-order chi connectivity index (χ1) is 13.3. The Hall–Kier alpha value is -1.64. The maximum absolute atomic E-state index is 14.2. The standard InChI is InChI=1S/C26H39NO2/c1-18-14-16-25(7,23(18,3)4)21(28)27(20-12-10-9-11-13-20)22(29)26(8)17-15-19(2)24(26,5)6/h9-13,18-19H,14-17H2,1-8H3/t18-,19+,25-,26+. The highest BCUT2D eigenvalue weighted by molar-refractivity contribution is 6.18. The molecule has 0 aliphatic heterocycles. The summed E-state index contributed by atoms with van der Waals surface area (Å²) < 4.78 is 0. The Morgan fingerprint density at radius 2 is 1.14 bits per heavy atom. The summed E-state index contributed by atoms with van der Waals surface area (Å²) >= 11 is 0. The second kappa shape index (κ2) is 6.96. The zero-order valence-corrected chi connectivity index (χ0v) is 19.6. The van der Waals surface area contributed by atoms with E-state index in [4.69, 9.17) is 0 Å². The molecule has 0 bridgehead atoms. The van der Waals surface area contributed by atoms with Crippen LogP contribution in [0.1, 0.15) is 81.1 Å². The van der Waals surface area contributed by atoms with Crippen LogP contribution in [-0.2, 0) is 9.59 Å². The molecular weight excluding hydrogens is 358 g/mol. The predicted molar refractivity (Wildman–Crippen MR) is 120 cm³/mol. The van der Waals surface area contributed by atoms with Crippen molar-refractivity contribution in [3.8, 4) is 0 Å². The lowest BCUT2D eigenvalue weighted by atomic mass is 9.63. The zero-order chi connectivity index (χ0) is 21.8. The third kappa shape index (κ3) is 2.99. The normalized spacial score (nSPS) is 35.4. The van der Waals surface area contributed by atoms with Gasteiger partial charge in [0.25, 0.3) is 0 Å². The van der Waals surface area contributed by atoms with Gasteiger partial charge in [0.1, 0.15) is 0 Å². The molecule has 2 aliphatic carbocycles. The van der Waals surface area contributed by atoms with E-state index in [0.29, 0.717) is 17.5 Å². The van der Waals surface area contributed by atoms with Crippen LogP contribution in [0.3, 0.4) is 0 Å². The molecule has 1 aromatic carbocycles. The fourth-order valence-corrected chi connectivity index (χ4v) is 5.63. The Kier molecular flexibility index (Phi) is 5.29. The van der Waals surface area contributed by atoms with E-state index < -0.39 is 10.8 Å². The van der Waals surface area contributed by atoms with Crippen LogP contribution in [0.15, 0.2) is 30.3 Å². The largest absolute Gasteiger partial charge is 0.273 e. The summed E-state index contributed by atoms with van der Waals surface area (Å²) in [7, 11) is 0. The number of carbonyl (C=O) groups is 2. The summed E-state index contributed by atoms with van der Waals surface area (Å²) in [4.78, 5) is 29.9. The average Bonchev–Trinajstić information content (AvgIpc) is 3.02. The van der Waals surface area contributed by atoms with Crippen LogP contribution in [0.2, 0.25) is 0 Å². The van der Waals surface area contributed by atoms with E-state index in [1.54, 1.807) is 4.90 Å². The number of amides is 2. The Morgan fingerprint density at radius 3 is 1.45 bits per heavy atom. The number of para-hydroxylation sites is 1. The first-order valence-electron chi connectivity index (χ1n) is 11.2. The average molecular weight is 398 g/mol. The molecule has 3 rings (SSSR count). The quantitative estimate of drug-likeness (QED) is 0.548. The van der Waals surface area contributed by atoms with Gasteiger partial charge in [-0.25, -0.2) is 4.90 Å². The highest BCUT2D eigenvalue weighted by Crippen LogP contribution is 2.59. The number of nitrogens with zero attached hydrogens (tertiary/aromatic N) is 1. The van der Waals surface area contributed by atoms with Crippen molar-refractivity contribution in [1.29, 1.82) is 0 Å². The second-order valence-electron chi connectivity index (χ2n) is 11.3. The third-order valence-corrected chi connectivity index (χ3v) is 9.83. The Morgan fingerprint density at radius 1 is 0.759 bits per heavy atom. The van der Waals surface area contributed by atoms with Crippen molar-refractivity contribution >= 4 is 17.5 Å². The van der Waals surface area contributed by atoms with Crippen LogP contribution in [0.4, 0.5) is 5.69 Å². The molecule has 0 radical (unpaired) electrons. The van der Waals surface area contributed by atoms with E-state index in [1.165, 1.54) is 0 Å². The highest BCUT2D eigenvalue weighted by Gasteiger charge is 2.60. The van der Waals surface area contributed by atoms with Gasteiger partial charge in [0.15, 0.2) is 0 Å². The summed E-state index contributed by atoms with van der Waals surface area (Å²) in [5.74, 6) is 0.838. The summed E-state index contributed by atoms with van der Waals surface area (Å²) in [6, 6.07) is 9.57. The minimum atomic E-state index is -0.553. The lowest BCUT2D eigenvalue weighted by molar-refractivity contribution is -0.142. The molecule has 2 fully saturated rings. The minimum absolute atomic E-state index is 0.0281. The molecule has 29 heavy (non-hydrogen) atoms. The fraction of sp³-hybridized carbons (Fsp3) is 0.692. The van der Waals surface area contributed by atoms with E-state index in [1.807, 2.05) is 30.3 Å². The summed E-state index contributed by atoms with van der Waals surface area (Å²) in [6.07, 6.45) is 3.69. The van der Waals surface area contributed by atoms with Gasteiger partial charge >= 0.3 is 0 Å². The lowest BCUT2D eigenvalue weighted by Crippen LogP contribution is -2.56. The molecule has 0 aromatic heterocycles. The van der Waals surface area contributed by atoms with Crippen LogP contribution in [-0.4, -0.2) is 11.8 Å². The van der Waals surface area contributed by atoms with Crippen molar-refractivity contribution in [3.63, 3.8) is 0 Å².